The van der Waals surface area contributed by atoms with Crippen LogP contribution < -0.4 is 32.4 Å². The molecule has 2 aromatic rings. The largest absolute Gasteiger partial charge is 0.353 e. The number of carbonyl (C=O) groups is 5. The quantitative estimate of drug-likeness (QED) is 0.434. The van der Waals surface area contributed by atoms with E-state index in [0.717, 1.165) is 0 Å². The highest BCUT2D eigenvalue weighted by Gasteiger charge is 2.30. The fraction of sp³-hybridized carbons (Fsp3) is 0.167. The van der Waals surface area contributed by atoms with Crippen molar-refractivity contribution in [2.45, 2.75) is 13.8 Å². The van der Waals surface area contributed by atoms with Crippen molar-refractivity contribution in [1.29, 1.82) is 0 Å². The molecule has 2 heterocycles. The van der Waals surface area contributed by atoms with Crippen LogP contribution in [0, 0.1) is 5.92 Å². The lowest BCUT2D eigenvalue weighted by atomic mass is 10.0. The molecule has 28 heavy (non-hydrogen) atoms. The highest BCUT2D eigenvalue weighted by atomic mass is 16.2. The molecule has 1 aliphatic heterocycles. The molecule has 7 amide bonds. The van der Waals surface area contributed by atoms with Crippen LogP contribution in [0.4, 0.5) is 9.59 Å². The van der Waals surface area contributed by atoms with E-state index >= 15 is 0 Å². The minimum absolute atomic E-state index is 0.151. The van der Waals surface area contributed by atoms with E-state index in [0.29, 0.717) is 16.1 Å². The summed E-state index contributed by atoms with van der Waals surface area (Å²) in [5.74, 6) is -2.74. The van der Waals surface area contributed by atoms with Gasteiger partial charge in [0.2, 0.25) is 0 Å². The predicted octanol–water partition coefficient (Wildman–Crippen LogP) is -1.31. The van der Waals surface area contributed by atoms with Gasteiger partial charge in [0.15, 0.2) is 0 Å². The number of fused-ring (bicyclic) bond motifs is 1. The standard InChI is InChI=1S/C18H17N5O5/c1-7(2)10(14(24)21-17(19)27)12-8-5-3-4-6-9(8)13(20-12)11-15(25)22-18(28)23-16(11)26/h3-7,20H,1-2H3,(H3,19,21,24,27)(H2,22,23,25,26,28)/b12-10-. The SMILES string of the molecule is CC(C)/C(C(=O)NC(N)=O)=c1/[nH]c(=C2C(=O)NC(=O)NC2=O)c2ccccc12. The number of H-pyrrole nitrogens is 1. The maximum absolute atomic E-state index is 12.5. The van der Waals surface area contributed by atoms with E-state index in [2.05, 4.69) is 4.98 Å². The molecule has 0 unspecified atom stereocenters. The summed E-state index contributed by atoms with van der Waals surface area (Å²) >= 11 is 0. The second-order valence-electron chi connectivity index (χ2n) is 6.42. The smallest absolute Gasteiger partial charge is 0.328 e. The molecule has 0 bridgehead atoms. The normalized spacial score (nSPS) is 15.4. The Bertz CT molecular complexity index is 1150. The molecule has 1 fully saturated rings. The first-order chi connectivity index (χ1) is 13.2. The van der Waals surface area contributed by atoms with Gasteiger partial charge in [-0.1, -0.05) is 38.1 Å². The van der Waals surface area contributed by atoms with Gasteiger partial charge >= 0.3 is 12.1 Å². The lowest BCUT2D eigenvalue weighted by Crippen LogP contribution is -2.52. The van der Waals surface area contributed by atoms with Gasteiger partial charge < -0.3 is 10.7 Å². The van der Waals surface area contributed by atoms with E-state index in [1.807, 2.05) is 16.0 Å². The number of benzene rings is 1. The third-order valence-electron chi connectivity index (χ3n) is 4.20. The number of barbiturate groups is 1. The van der Waals surface area contributed by atoms with E-state index in [9.17, 15) is 24.0 Å². The summed E-state index contributed by atoms with van der Waals surface area (Å²) in [6.45, 7) is 3.49. The molecular weight excluding hydrogens is 366 g/mol. The summed E-state index contributed by atoms with van der Waals surface area (Å²) in [5, 5.41) is 7.62. The number of carbonyl (C=O) groups excluding carboxylic acids is 5. The Balaban J connectivity index is 2.45. The molecule has 10 heteroatoms. The van der Waals surface area contributed by atoms with Crippen molar-refractivity contribution >= 4 is 51.7 Å². The number of urea groups is 2. The van der Waals surface area contributed by atoms with Crippen LogP contribution in [0.3, 0.4) is 0 Å². The summed E-state index contributed by atoms with van der Waals surface area (Å²) < 4.78 is 0. The zero-order chi connectivity index (χ0) is 20.6. The maximum Gasteiger partial charge on any atom is 0.328 e. The molecule has 1 saturated heterocycles. The molecule has 10 nitrogen and oxygen atoms in total. The molecule has 0 atom stereocenters. The number of aromatic nitrogens is 1. The van der Waals surface area contributed by atoms with Crippen LogP contribution >= 0.6 is 0 Å². The highest BCUT2D eigenvalue weighted by Crippen LogP contribution is 2.13. The Morgan fingerprint density at radius 2 is 1.57 bits per heavy atom. The molecule has 6 N–H and O–H groups in total. The van der Waals surface area contributed by atoms with Gasteiger partial charge in [-0.25, -0.2) is 9.59 Å². The van der Waals surface area contributed by atoms with Gasteiger partial charge in [0.05, 0.1) is 10.7 Å². The zero-order valence-corrected chi connectivity index (χ0v) is 15.0. The highest BCUT2D eigenvalue weighted by molar-refractivity contribution is 6.46. The van der Waals surface area contributed by atoms with Crippen molar-refractivity contribution in [2.24, 2.45) is 11.7 Å². The molecule has 144 valence electrons. The van der Waals surface area contributed by atoms with Crippen LogP contribution in [0.15, 0.2) is 24.3 Å². The van der Waals surface area contributed by atoms with E-state index in [1.165, 1.54) is 0 Å². The summed E-state index contributed by atoms with van der Waals surface area (Å²) in [7, 11) is 0. The van der Waals surface area contributed by atoms with Crippen molar-refractivity contribution < 1.29 is 24.0 Å². The van der Waals surface area contributed by atoms with Crippen LogP contribution in [0.1, 0.15) is 13.8 Å². The van der Waals surface area contributed by atoms with Crippen molar-refractivity contribution in [3.63, 3.8) is 0 Å². The average Bonchev–Trinajstić information content (AvgIpc) is 2.92. The molecule has 0 radical (unpaired) electrons. The van der Waals surface area contributed by atoms with E-state index in [4.69, 9.17) is 5.73 Å². The number of imide groups is 3. The molecule has 0 saturated carbocycles. The number of rotatable bonds is 2. The molecule has 3 rings (SSSR count). The Kier molecular flexibility index (Phi) is 4.70. The minimum Gasteiger partial charge on any atom is -0.353 e. The fourth-order valence-electron chi connectivity index (χ4n) is 3.12. The Hall–Kier alpha value is -3.95. The Morgan fingerprint density at radius 1 is 1.00 bits per heavy atom. The lowest BCUT2D eigenvalue weighted by molar-refractivity contribution is -0.121. The number of nitrogens with one attached hydrogen (secondary N) is 4. The van der Waals surface area contributed by atoms with Gasteiger partial charge in [0, 0.05) is 16.3 Å². The fourth-order valence-corrected chi connectivity index (χ4v) is 3.12. The average molecular weight is 383 g/mol. The third-order valence-corrected chi connectivity index (χ3v) is 4.20. The topological polar surface area (TPSA) is 163 Å². The second-order valence-corrected chi connectivity index (χ2v) is 6.42. The van der Waals surface area contributed by atoms with Crippen LogP contribution in [-0.2, 0) is 14.4 Å². The van der Waals surface area contributed by atoms with Crippen molar-refractivity contribution in [3.8, 4) is 0 Å². The zero-order valence-electron chi connectivity index (χ0n) is 15.0. The maximum atomic E-state index is 12.5. The van der Waals surface area contributed by atoms with Crippen LogP contribution in [0.5, 0.6) is 0 Å². The summed E-state index contributed by atoms with van der Waals surface area (Å²) in [6, 6.07) is 4.88. The summed E-state index contributed by atoms with van der Waals surface area (Å²) in [6.07, 6.45) is 0. The molecule has 1 aromatic heterocycles. The molecule has 0 aliphatic carbocycles. The number of hydrogen-bond acceptors (Lipinski definition) is 5. The van der Waals surface area contributed by atoms with Gasteiger partial charge in [-0.05, 0) is 5.92 Å². The second kappa shape index (κ2) is 6.99. The first-order valence-electron chi connectivity index (χ1n) is 8.33. The number of amides is 7. The van der Waals surface area contributed by atoms with Crippen molar-refractivity contribution in [3.05, 3.63) is 35.0 Å². The van der Waals surface area contributed by atoms with Crippen LogP contribution in [0.25, 0.3) is 21.9 Å². The first kappa shape index (κ1) is 18.8. The predicted molar refractivity (Wildman–Crippen MR) is 98.6 cm³/mol. The molecule has 1 aromatic carbocycles. The molecule has 1 aliphatic rings. The van der Waals surface area contributed by atoms with Crippen LogP contribution in [-0.4, -0.2) is 34.8 Å². The van der Waals surface area contributed by atoms with Gasteiger partial charge in [-0.15, -0.1) is 0 Å². The van der Waals surface area contributed by atoms with Gasteiger partial charge in [0.1, 0.15) is 5.57 Å². The lowest BCUT2D eigenvalue weighted by Gasteiger charge is -2.13. The van der Waals surface area contributed by atoms with E-state index in [-0.39, 0.29) is 22.4 Å². The summed E-state index contributed by atoms with van der Waals surface area (Å²) in [5.41, 5.74) is 4.98. The van der Waals surface area contributed by atoms with Gasteiger partial charge in [0.25, 0.3) is 17.7 Å². The molecular formula is C18H17N5O5. The van der Waals surface area contributed by atoms with E-state index < -0.39 is 29.8 Å². The minimum atomic E-state index is -1.00. The van der Waals surface area contributed by atoms with Gasteiger partial charge in [-0.3, -0.25) is 30.3 Å². The Labute approximate surface area is 157 Å². The molecule has 0 spiro atoms. The summed E-state index contributed by atoms with van der Waals surface area (Å²) in [4.78, 5) is 62.4. The van der Waals surface area contributed by atoms with Crippen molar-refractivity contribution in [2.75, 3.05) is 0 Å². The first-order valence-corrected chi connectivity index (χ1v) is 8.33. The van der Waals surface area contributed by atoms with E-state index in [1.54, 1.807) is 38.1 Å². The number of nitrogens with two attached hydrogens (primary N) is 1. The van der Waals surface area contributed by atoms with Crippen LogP contribution in [0.2, 0.25) is 0 Å². The Morgan fingerprint density at radius 3 is 2.11 bits per heavy atom. The number of hydrogen-bond donors (Lipinski definition) is 5. The monoisotopic (exact) mass is 383 g/mol. The van der Waals surface area contributed by atoms with Gasteiger partial charge in [-0.2, -0.15) is 0 Å². The number of aromatic amines is 1. The number of primary amides is 1. The van der Waals surface area contributed by atoms with Crippen molar-refractivity contribution in [1.82, 2.24) is 20.9 Å². The third kappa shape index (κ3) is 3.22.